The molecule has 3 unspecified atom stereocenters. The van der Waals surface area contributed by atoms with Crippen molar-refractivity contribution in [2.45, 2.75) is 108 Å². The molecule has 2 aromatic carbocycles. The SMILES string of the molecule is CCN(C(=O)[C@H]1O[C@@H](O)[C@@H]2OC(C)(C)O[C@@H]21)n1cnc2c(NCC(c3ccccc3)c3ccccc3)nc(NC3CCC4OC(C)(C)OC34)nc21. The van der Waals surface area contributed by atoms with Crippen LogP contribution in [0, 0.1) is 0 Å². The summed E-state index contributed by atoms with van der Waals surface area (Å²) >= 11 is 0. The lowest BCUT2D eigenvalue weighted by molar-refractivity contribution is -0.219. The zero-order valence-electron chi connectivity index (χ0n) is 29.4. The molecule has 4 fully saturated rings. The minimum atomic E-state index is -1.30. The number of benzene rings is 2. The molecule has 1 saturated carbocycles. The molecule has 3 saturated heterocycles. The van der Waals surface area contributed by atoms with E-state index in [1.54, 1.807) is 24.9 Å². The van der Waals surface area contributed by atoms with Crippen LogP contribution in [0.5, 0.6) is 0 Å². The van der Waals surface area contributed by atoms with Gasteiger partial charge in [0.15, 0.2) is 40.9 Å². The third kappa shape index (κ3) is 6.45. The van der Waals surface area contributed by atoms with Crippen LogP contribution in [0.15, 0.2) is 67.0 Å². The van der Waals surface area contributed by atoms with Crippen LogP contribution in [0.3, 0.4) is 0 Å². The smallest absolute Gasteiger partial charge is 0.273 e. The number of imidazole rings is 1. The molecule has 4 aliphatic rings. The second-order valence-corrected chi connectivity index (χ2v) is 14.4. The summed E-state index contributed by atoms with van der Waals surface area (Å²) in [6, 6.07) is 20.6. The van der Waals surface area contributed by atoms with E-state index in [-0.39, 0.29) is 30.7 Å². The maximum absolute atomic E-state index is 14.2. The first-order valence-corrected chi connectivity index (χ1v) is 17.7. The standard InChI is InChI=1S/C37H45N7O7/c1-6-43(33(45)29-28-30(34(46)47-29)51-37(4,5)50-28)44-20-39-26-31(38-19-23(21-13-9-7-10-14-21)22-15-11-8-12-16-22)41-35(42-32(26)44)40-24-17-18-25-27(24)49-36(2,3)48-25/h7-16,20,23-25,27-30,34,46H,6,17-19H2,1-5H3,(H2,38,40,41,42)/t24?,25?,27?,28-,29+,30-,34-/m1/s1. The molecule has 3 aliphatic heterocycles. The number of rotatable bonds is 10. The number of aromatic nitrogens is 4. The molecule has 5 heterocycles. The highest BCUT2D eigenvalue weighted by atomic mass is 16.8. The van der Waals surface area contributed by atoms with E-state index in [4.69, 9.17) is 38.6 Å². The number of nitrogens with zero attached hydrogens (tertiary/aromatic N) is 5. The van der Waals surface area contributed by atoms with E-state index in [9.17, 15) is 9.90 Å². The molecule has 1 aliphatic carbocycles. The zero-order valence-corrected chi connectivity index (χ0v) is 29.4. The molecule has 2 aromatic heterocycles. The molecule has 0 bridgehead atoms. The quantitative estimate of drug-likeness (QED) is 0.220. The first-order chi connectivity index (χ1) is 24.5. The van der Waals surface area contributed by atoms with Gasteiger partial charge in [-0.1, -0.05) is 60.7 Å². The number of hydrogen-bond donors (Lipinski definition) is 3. The lowest BCUT2D eigenvalue weighted by atomic mass is 9.91. The summed E-state index contributed by atoms with van der Waals surface area (Å²) in [6.07, 6.45) is -0.924. The van der Waals surface area contributed by atoms with Crippen molar-refractivity contribution in [2.75, 3.05) is 28.7 Å². The number of ether oxygens (including phenoxy) is 5. The number of amides is 1. The molecule has 51 heavy (non-hydrogen) atoms. The molecule has 1 amide bonds. The minimum absolute atomic E-state index is 0.0169. The molecule has 3 N–H and O–H groups in total. The van der Waals surface area contributed by atoms with Crippen molar-refractivity contribution in [3.63, 3.8) is 0 Å². The van der Waals surface area contributed by atoms with Gasteiger partial charge < -0.3 is 39.4 Å². The highest BCUT2D eigenvalue weighted by Crippen LogP contribution is 2.40. The van der Waals surface area contributed by atoms with Crippen molar-refractivity contribution in [1.29, 1.82) is 0 Å². The average molecular weight is 700 g/mol. The highest BCUT2D eigenvalue weighted by molar-refractivity contribution is 5.93. The molecule has 14 nitrogen and oxygen atoms in total. The molecule has 0 radical (unpaired) electrons. The maximum atomic E-state index is 14.2. The number of hydrogen-bond acceptors (Lipinski definition) is 12. The van der Waals surface area contributed by atoms with Crippen molar-refractivity contribution in [3.05, 3.63) is 78.1 Å². The Hall–Kier alpha value is -4.18. The van der Waals surface area contributed by atoms with Crippen LogP contribution in [0.1, 0.15) is 64.5 Å². The monoisotopic (exact) mass is 699 g/mol. The second-order valence-electron chi connectivity index (χ2n) is 14.4. The number of likely N-dealkylation sites (N-methyl/N-ethyl adjacent to an activating group) is 1. The number of carbonyl (C=O) groups excluding carboxylic acids is 1. The Labute approximate surface area is 296 Å². The molecule has 7 atom stereocenters. The van der Waals surface area contributed by atoms with Gasteiger partial charge in [-0.3, -0.25) is 4.79 Å². The third-order valence-corrected chi connectivity index (χ3v) is 10.0. The molecule has 4 aromatic rings. The normalized spacial score (nSPS) is 29.0. The Bertz CT molecular complexity index is 1830. The summed E-state index contributed by atoms with van der Waals surface area (Å²) in [7, 11) is 0. The fourth-order valence-electron chi connectivity index (χ4n) is 7.84. The predicted molar refractivity (Wildman–Crippen MR) is 187 cm³/mol. The van der Waals surface area contributed by atoms with Crippen LogP contribution in [-0.2, 0) is 28.5 Å². The summed E-state index contributed by atoms with van der Waals surface area (Å²) < 4.78 is 31.6. The van der Waals surface area contributed by atoms with Crippen molar-refractivity contribution >= 4 is 28.8 Å². The van der Waals surface area contributed by atoms with E-state index in [1.165, 1.54) is 5.01 Å². The Morgan fingerprint density at radius 3 is 2.25 bits per heavy atom. The number of aliphatic hydroxyl groups is 1. The molecular formula is C37H45N7O7. The number of nitrogens with one attached hydrogen (secondary N) is 2. The van der Waals surface area contributed by atoms with E-state index in [1.807, 2.05) is 57.2 Å². The van der Waals surface area contributed by atoms with Crippen LogP contribution >= 0.6 is 0 Å². The summed E-state index contributed by atoms with van der Waals surface area (Å²) in [6.45, 7) is 9.98. The Balaban J connectivity index is 1.14. The topological polar surface area (TPSA) is 154 Å². The van der Waals surface area contributed by atoms with E-state index in [0.717, 1.165) is 24.0 Å². The van der Waals surface area contributed by atoms with Crippen LogP contribution in [0.25, 0.3) is 11.2 Å². The number of aliphatic hydroxyl groups excluding tert-OH is 1. The van der Waals surface area contributed by atoms with Crippen molar-refractivity contribution in [2.24, 2.45) is 0 Å². The first kappa shape index (κ1) is 33.9. The highest BCUT2D eigenvalue weighted by Gasteiger charge is 2.58. The van der Waals surface area contributed by atoms with Gasteiger partial charge in [0.1, 0.15) is 24.6 Å². The van der Waals surface area contributed by atoms with Crippen LogP contribution in [0.4, 0.5) is 11.8 Å². The zero-order chi connectivity index (χ0) is 35.5. The molecule has 270 valence electrons. The molecule has 0 spiro atoms. The number of anilines is 2. The lowest BCUT2D eigenvalue weighted by Crippen LogP contribution is -2.50. The third-order valence-electron chi connectivity index (χ3n) is 10.0. The summed E-state index contributed by atoms with van der Waals surface area (Å²) in [5.74, 6) is -1.16. The van der Waals surface area contributed by atoms with Crippen molar-refractivity contribution in [3.8, 4) is 0 Å². The van der Waals surface area contributed by atoms with Gasteiger partial charge in [-0.15, -0.1) is 0 Å². The van der Waals surface area contributed by atoms with Gasteiger partial charge in [0, 0.05) is 19.0 Å². The van der Waals surface area contributed by atoms with Crippen LogP contribution < -0.4 is 15.6 Å². The van der Waals surface area contributed by atoms with E-state index < -0.39 is 42.1 Å². The first-order valence-electron chi connectivity index (χ1n) is 17.7. The van der Waals surface area contributed by atoms with Gasteiger partial charge in [-0.25, -0.2) is 14.7 Å². The molecular weight excluding hydrogens is 654 g/mol. The van der Waals surface area contributed by atoms with Crippen molar-refractivity contribution < 1.29 is 33.6 Å². The number of fused-ring (bicyclic) bond motifs is 3. The fourth-order valence-corrected chi connectivity index (χ4v) is 7.84. The second kappa shape index (κ2) is 13.1. The fraction of sp³-hybridized carbons (Fsp3) is 0.514. The van der Waals surface area contributed by atoms with Crippen molar-refractivity contribution in [1.82, 2.24) is 19.6 Å². The minimum Gasteiger partial charge on any atom is -0.367 e. The lowest BCUT2D eigenvalue weighted by Gasteiger charge is -2.28. The van der Waals surface area contributed by atoms with Gasteiger partial charge >= 0.3 is 0 Å². The Kier molecular flexibility index (Phi) is 8.72. The van der Waals surface area contributed by atoms with Crippen LogP contribution in [0.2, 0.25) is 0 Å². The van der Waals surface area contributed by atoms with Gasteiger partial charge in [0.2, 0.25) is 5.95 Å². The van der Waals surface area contributed by atoms with Crippen LogP contribution in [-0.4, -0.2) is 98.2 Å². The van der Waals surface area contributed by atoms with E-state index in [0.29, 0.717) is 29.5 Å². The average Bonchev–Trinajstić information content (AvgIpc) is 3.90. The summed E-state index contributed by atoms with van der Waals surface area (Å²) in [4.78, 5) is 28.8. The van der Waals surface area contributed by atoms with Gasteiger partial charge in [0.25, 0.3) is 5.91 Å². The molecule has 14 heteroatoms. The summed E-state index contributed by atoms with van der Waals surface area (Å²) in [5, 5.41) is 19.2. The number of carbonyl (C=O) groups is 1. The molecule has 8 rings (SSSR count). The van der Waals surface area contributed by atoms with E-state index in [2.05, 4.69) is 34.9 Å². The van der Waals surface area contributed by atoms with Gasteiger partial charge in [0.05, 0.1) is 12.1 Å². The summed E-state index contributed by atoms with van der Waals surface area (Å²) in [5.41, 5.74) is 3.22. The van der Waals surface area contributed by atoms with Gasteiger partial charge in [-0.2, -0.15) is 9.97 Å². The van der Waals surface area contributed by atoms with E-state index >= 15 is 0 Å². The maximum Gasteiger partial charge on any atom is 0.273 e. The largest absolute Gasteiger partial charge is 0.367 e. The Morgan fingerprint density at radius 1 is 0.922 bits per heavy atom. The Morgan fingerprint density at radius 2 is 1.57 bits per heavy atom. The predicted octanol–water partition coefficient (Wildman–Crippen LogP) is 3.89. The van der Waals surface area contributed by atoms with Gasteiger partial charge in [-0.05, 0) is 58.6 Å².